The Bertz CT molecular complexity index is 199. The Morgan fingerprint density at radius 1 is 1.64 bits per heavy atom. The molecule has 1 aliphatic heterocycles. The van der Waals surface area contributed by atoms with Crippen molar-refractivity contribution in [2.45, 2.75) is 12.8 Å². The summed E-state index contributed by atoms with van der Waals surface area (Å²) in [5.74, 6) is 1.92. The van der Waals surface area contributed by atoms with Crippen LogP contribution in [0.15, 0.2) is 22.8 Å². The lowest BCUT2D eigenvalue weighted by molar-refractivity contribution is 0.456. The van der Waals surface area contributed by atoms with Gasteiger partial charge in [-0.25, -0.2) is 0 Å². The number of nitrogens with one attached hydrogen (secondary N) is 1. The zero-order valence-corrected chi connectivity index (χ0v) is 6.55. The summed E-state index contributed by atoms with van der Waals surface area (Å²) in [6.07, 6.45) is 4.14. The lowest BCUT2D eigenvalue weighted by Crippen LogP contribution is -2.10. The van der Waals surface area contributed by atoms with E-state index in [1.807, 2.05) is 6.07 Å². The molecule has 0 saturated carbocycles. The van der Waals surface area contributed by atoms with Gasteiger partial charge in [0.2, 0.25) is 0 Å². The van der Waals surface area contributed by atoms with Crippen molar-refractivity contribution in [2.24, 2.45) is 5.92 Å². The first-order chi connectivity index (χ1) is 5.45. The van der Waals surface area contributed by atoms with Gasteiger partial charge in [-0.2, -0.15) is 0 Å². The predicted octanol–water partition coefficient (Wildman–Crippen LogP) is 1.43. The van der Waals surface area contributed by atoms with Crippen LogP contribution in [0.1, 0.15) is 12.2 Å². The molecular formula is C9H13NO. The molecule has 0 aliphatic carbocycles. The van der Waals surface area contributed by atoms with E-state index in [1.54, 1.807) is 6.26 Å². The summed E-state index contributed by atoms with van der Waals surface area (Å²) in [6, 6.07) is 4.01. The molecule has 2 heterocycles. The molecule has 2 heteroatoms. The van der Waals surface area contributed by atoms with E-state index < -0.39 is 0 Å². The molecule has 11 heavy (non-hydrogen) atoms. The summed E-state index contributed by atoms with van der Waals surface area (Å²) in [4.78, 5) is 0. The Labute approximate surface area is 66.6 Å². The summed E-state index contributed by atoms with van der Waals surface area (Å²) in [6.45, 7) is 2.33. The summed E-state index contributed by atoms with van der Waals surface area (Å²) in [5, 5.41) is 3.34. The summed E-state index contributed by atoms with van der Waals surface area (Å²) in [5.41, 5.74) is 0. The van der Waals surface area contributed by atoms with Crippen LogP contribution in [0.2, 0.25) is 0 Å². The molecule has 1 aliphatic rings. The molecule has 2 nitrogen and oxygen atoms in total. The van der Waals surface area contributed by atoms with Gasteiger partial charge >= 0.3 is 0 Å². The van der Waals surface area contributed by atoms with E-state index in [1.165, 1.54) is 13.0 Å². The second-order valence-electron chi connectivity index (χ2n) is 3.14. The van der Waals surface area contributed by atoms with Crippen molar-refractivity contribution in [2.75, 3.05) is 13.1 Å². The molecule has 1 unspecified atom stereocenters. The second kappa shape index (κ2) is 3.09. The minimum atomic E-state index is 0.793. The van der Waals surface area contributed by atoms with Crippen LogP contribution in [0.4, 0.5) is 0 Å². The standard InChI is InChI=1S/C9H13NO/c1-2-9(11-5-1)6-8-3-4-10-7-8/h1-2,5,8,10H,3-4,6-7H2. The highest BCUT2D eigenvalue weighted by molar-refractivity contribution is 5.00. The fraction of sp³-hybridized carbons (Fsp3) is 0.556. The number of furan rings is 1. The summed E-state index contributed by atoms with van der Waals surface area (Å²) < 4.78 is 5.27. The maximum Gasteiger partial charge on any atom is 0.104 e. The van der Waals surface area contributed by atoms with Crippen LogP contribution in [0, 0.1) is 5.92 Å². The smallest absolute Gasteiger partial charge is 0.104 e. The Morgan fingerprint density at radius 3 is 3.27 bits per heavy atom. The van der Waals surface area contributed by atoms with Crippen LogP contribution >= 0.6 is 0 Å². The molecule has 1 saturated heterocycles. The van der Waals surface area contributed by atoms with E-state index in [9.17, 15) is 0 Å². The monoisotopic (exact) mass is 151 g/mol. The largest absolute Gasteiger partial charge is 0.469 e. The van der Waals surface area contributed by atoms with Crippen molar-refractivity contribution in [3.63, 3.8) is 0 Å². The van der Waals surface area contributed by atoms with Crippen LogP contribution in [-0.4, -0.2) is 13.1 Å². The van der Waals surface area contributed by atoms with Gasteiger partial charge in [-0.05, 0) is 37.6 Å². The van der Waals surface area contributed by atoms with Crippen LogP contribution in [0.25, 0.3) is 0 Å². The Balaban J connectivity index is 1.90. The normalized spacial score (nSPS) is 24.2. The van der Waals surface area contributed by atoms with Crippen molar-refractivity contribution in [3.8, 4) is 0 Å². The van der Waals surface area contributed by atoms with E-state index in [0.29, 0.717) is 0 Å². The Morgan fingerprint density at radius 2 is 2.64 bits per heavy atom. The van der Waals surface area contributed by atoms with Gasteiger partial charge in [-0.1, -0.05) is 0 Å². The van der Waals surface area contributed by atoms with E-state index in [-0.39, 0.29) is 0 Å². The van der Waals surface area contributed by atoms with Crippen LogP contribution in [0.5, 0.6) is 0 Å². The van der Waals surface area contributed by atoms with Gasteiger partial charge in [0, 0.05) is 6.42 Å². The highest BCUT2D eigenvalue weighted by Crippen LogP contribution is 2.14. The average Bonchev–Trinajstić information content (AvgIpc) is 2.60. The Kier molecular flexibility index (Phi) is 1.95. The van der Waals surface area contributed by atoms with Crippen molar-refractivity contribution in [1.29, 1.82) is 0 Å². The van der Waals surface area contributed by atoms with Crippen molar-refractivity contribution in [3.05, 3.63) is 24.2 Å². The SMILES string of the molecule is c1coc(CC2CCNC2)c1. The molecule has 1 N–H and O–H groups in total. The maximum absolute atomic E-state index is 5.27. The lowest BCUT2D eigenvalue weighted by Gasteiger charge is -2.03. The molecule has 1 fully saturated rings. The molecule has 0 amide bonds. The van der Waals surface area contributed by atoms with Crippen LogP contribution in [-0.2, 0) is 6.42 Å². The Hall–Kier alpha value is -0.760. The second-order valence-corrected chi connectivity index (χ2v) is 3.14. The molecule has 2 rings (SSSR count). The molecule has 1 atom stereocenters. The van der Waals surface area contributed by atoms with Crippen molar-refractivity contribution < 1.29 is 4.42 Å². The molecule has 0 radical (unpaired) electrons. The quantitative estimate of drug-likeness (QED) is 0.691. The maximum atomic E-state index is 5.27. The number of rotatable bonds is 2. The van der Waals surface area contributed by atoms with E-state index in [2.05, 4.69) is 11.4 Å². The van der Waals surface area contributed by atoms with Crippen LogP contribution in [0.3, 0.4) is 0 Å². The number of hydrogen-bond acceptors (Lipinski definition) is 2. The molecule has 0 bridgehead atoms. The van der Waals surface area contributed by atoms with Crippen molar-refractivity contribution >= 4 is 0 Å². The van der Waals surface area contributed by atoms with Gasteiger partial charge in [-0.15, -0.1) is 0 Å². The molecule has 1 aromatic rings. The van der Waals surface area contributed by atoms with Gasteiger partial charge in [-0.3, -0.25) is 0 Å². The van der Waals surface area contributed by atoms with Gasteiger partial charge in [0.05, 0.1) is 6.26 Å². The van der Waals surface area contributed by atoms with Gasteiger partial charge < -0.3 is 9.73 Å². The zero-order chi connectivity index (χ0) is 7.52. The lowest BCUT2D eigenvalue weighted by atomic mass is 10.0. The molecule has 0 spiro atoms. The van der Waals surface area contributed by atoms with Gasteiger partial charge in [0.1, 0.15) is 5.76 Å². The first-order valence-electron chi connectivity index (χ1n) is 4.18. The van der Waals surface area contributed by atoms with Crippen molar-refractivity contribution in [1.82, 2.24) is 5.32 Å². The minimum Gasteiger partial charge on any atom is -0.469 e. The molecule has 0 aromatic carbocycles. The van der Waals surface area contributed by atoms with Gasteiger partial charge in [0.25, 0.3) is 0 Å². The average molecular weight is 151 g/mol. The first-order valence-corrected chi connectivity index (χ1v) is 4.18. The van der Waals surface area contributed by atoms with E-state index in [0.717, 1.165) is 24.6 Å². The first kappa shape index (κ1) is 6.92. The summed E-state index contributed by atoms with van der Waals surface area (Å²) in [7, 11) is 0. The van der Waals surface area contributed by atoms with Gasteiger partial charge in [0.15, 0.2) is 0 Å². The van der Waals surface area contributed by atoms with E-state index in [4.69, 9.17) is 4.42 Å². The zero-order valence-electron chi connectivity index (χ0n) is 6.55. The van der Waals surface area contributed by atoms with Crippen LogP contribution < -0.4 is 5.32 Å². The highest BCUT2D eigenvalue weighted by atomic mass is 16.3. The fourth-order valence-corrected chi connectivity index (χ4v) is 1.60. The third-order valence-corrected chi connectivity index (χ3v) is 2.23. The topological polar surface area (TPSA) is 25.2 Å². The highest BCUT2D eigenvalue weighted by Gasteiger charge is 2.15. The molecular weight excluding hydrogens is 138 g/mol. The molecule has 60 valence electrons. The minimum absolute atomic E-state index is 0.793. The van der Waals surface area contributed by atoms with E-state index >= 15 is 0 Å². The fourth-order valence-electron chi connectivity index (χ4n) is 1.60. The third-order valence-electron chi connectivity index (χ3n) is 2.23. The number of hydrogen-bond donors (Lipinski definition) is 1. The summed E-state index contributed by atoms with van der Waals surface area (Å²) >= 11 is 0. The molecule has 1 aromatic heterocycles. The predicted molar refractivity (Wildman–Crippen MR) is 43.4 cm³/mol. The third kappa shape index (κ3) is 1.63.